The fourth-order valence-corrected chi connectivity index (χ4v) is 4.62. The molecule has 26 heavy (non-hydrogen) atoms. The number of nitrogens with zero attached hydrogens (tertiary/aromatic N) is 3. The molecule has 0 spiro atoms. The van der Waals surface area contributed by atoms with E-state index in [4.69, 9.17) is 4.98 Å². The molecule has 0 bridgehead atoms. The van der Waals surface area contributed by atoms with Crippen LogP contribution in [0.15, 0.2) is 42.5 Å². The molecule has 2 aromatic carbocycles. The zero-order valence-electron chi connectivity index (χ0n) is 14.2. The van der Waals surface area contributed by atoms with E-state index in [-0.39, 0.29) is 17.6 Å². The number of hydrogen-bond donors (Lipinski definition) is 0. The van der Waals surface area contributed by atoms with Crippen molar-refractivity contribution in [3.8, 4) is 0 Å². The first kappa shape index (κ1) is 16.7. The maximum absolute atomic E-state index is 13.1. The van der Waals surface area contributed by atoms with Gasteiger partial charge in [-0.2, -0.15) is 0 Å². The Morgan fingerprint density at radius 2 is 2.08 bits per heavy atom. The van der Waals surface area contributed by atoms with Crippen molar-refractivity contribution in [3.63, 3.8) is 0 Å². The Hall–Kier alpha value is -2.80. The molecule has 4 rings (SSSR count). The first-order valence-corrected chi connectivity index (χ1v) is 9.28. The van der Waals surface area contributed by atoms with Crippen LogP contribution in [0, 0.1) is 17.0 Å². The molecule has 1 fully saturated rings. The lowest BCUT2D eigenvalue weighted by atomic mass is 10.1. The molecule has 0 aliphatic carbocycles. The van der Waals surface area contributed by atoms with Crippen LogP contribution < -0.4 is 0 Å². The predicted octanol–water partition coefficient (Wildman–Crippen LogP) is 4.49. The lowest BCUT2D eigenvalue weighted by Crippen LogP contribution is -2.31. The molecule has 1 atom stereocenters. The largest absolute Gasteiger partial charge is 0.329 e. The number of hydrogen-bond acceptors (Lipinski definition) is 5. The van der Waals surface area contributed by atoms with Gasteiger partial charge in [-0.25, -0.2) is 4.98 Å². The Balaban J connectivity index is 1.69. The molecular weight excluding hydrogens is 350 g/mol. The number of carbonyl (C=O) groups excluding carboxylic acids is 1. The lowest BCUT2D eigenvalue weighted by Gasteiger charge is -2.23. The number of nitro groups is 1. The molecule has 1 saturated heterocycles. The molecule has 2 heterocycles. The highest BCUT2D eigenvalue weighted by atomic mass is 32.1. The number of fused-ring (bicyclic) bond motifs is 1. The van der Waals surface area contributed by atoms with Crippen molar-refractivity contribution in [2.75, 3.05) is 6.54 Å². The average molecular weight is 367 g/mol. The van der Waals surface area contributed by atoms with Gasteiger partial charge in [0.25, 0.3) is 11.6 Å². The molecule has 1 amide bonds. The number of para-hydroxylation sites is 1. The minimum Gasteiger partial charge on any atom is -0.329 e. The topological polar surface area (TPSA) is 76.3 Å². The molecule has 132 valence electrons. The number of likely N-dealkylation sites (tertiary alicyclic amines) is 1. The molecule has 0 unspecified atom stereocenters. The minimum atomic E-state index is -0.443. The summed E-state index contributed by atoms with van der Waals surface area (Å²) in [6.07, 6.45) is 1.76. The van der Waals surface area contributed by atoms with E-state index >= 15 is 0 Å². The first-order chi connectivity index (χ1) is 12.6. The standard InChI is InChI=1S/C19H17N3O3S/c1-12-13(6-4-8-15(12)22(24)25)19(23)21-11-5-9-16(21)18-20-14-7-2-3-10-17(14)26-18/h2-4,6-8,10,16H,5,9,11H2,1H3/t16-/m1/s1. The SMILES string of the molecule is Cc1c(C(=O)N2CCC[C@@H]2c2nc3ccccc3s2)cccc1[N+](=O)[O-]. The van der Waals surface area contributed by atoms with Gasteiger partial charge in [-0.05, 0) is 38.0 Å². The summed E-state index contributed by atoms with van der Waals surface area (Å²) in [5.74, 6) is -0.159. The van der Waals surface area contributed by atoms with E-state index < -0.39 is 4.92 Å². The number of aromatic nitrogens is 1. The van der Waals surface area contributed by atoms with Crippen LogP contribution in [-0.4, -0.2) is 27.3 Å². The monoisotopic (exact) mass is 367 g/mol. The van der Waals surface area contributed by atoms with Crippen LogP contribution in [0.3, 0.4) is 0 Å². The first-order valence-electron chi connectivity index (χ1n) is 8.46. The van der Waals surface area contributed by atoms with Gasteiger partial charge in [-0.3, -0.25) is 14.9 Å². The zero-order valence-corrected chi connectivity index (χ0v) is 15.0. The maximum Gasteiger partial charge on any atom is 0.273 e. The van der Waals surface area contributed by atoms with E-state index in [1.54, 1.807) is 30.4 Å². The van der Waals surface area contributed by atoms with Gasteiger partial charge < -0.3 is 4.90 Å². The second-order valence-electron chi connectivity index (χ2n) is 6.38. The van der Waals surface area contributed by atoms with E-state index in [0.29, 0.717) is 17.7 Å². The van der Waals surface area contributed by atoms with Crippen LogP contribution in [0.1, 0.15) is 39.8 Å². The number of rotatable bonds is 3. The van der Waals surface area contributed by atoms with Gasteiger partial charge >= 0.3 is 0 Å². The van der Waals surface area contributed by atoms with Crippen molar-refractivity contribution in [1.82, 2.24) is 9.88 Å². The van der Waals surface area contributed by atoms with Crippen molar-refractivity contribution in [2.45, 2.75) is 25.8 Å². The Labute approximate surface area is 154 Å². The Morgan fingerprint density at radius 1 is 1.27 bits per heavy atom. The molecule has 3 aromatic rings. The lowest BCUT2D eigenvalue weighted by molar-refractivity contribution is -0.385. The molecule has 6 nitrogen and oxygen atoms in total. The van der Waals surface area contributed by atoms with Crippen molar-refractivity contribution in [1.29, 1.82) is 0 Å². The highest BCUT2D eigenvalue weighted by Crippen LogP contribution is 2.37. The third-order valence-electron chi connectivity index (χ3n) is 4.84. The van der Waals surface area contributed by atoms with Gasteiger partial charge in [-0.1, -0.05) is 18.2 Å². The number of amides is 1. The van der Waals surface area contributed by atoms with Gasteiger partial charge in [0, 0.05) is 23.7 Å². The molecular formula is C19H17N3O3S. The van der Waals surface area contributed by atoms with Crippen LogP contribution in [0.5, 0.6) is 0 Å². The molecule has 1 aliphatic rings. The van der Waals surface area contributed by atoms with E-state index in [2.05, 4.69) is 0 Å². The van der Waals surface area contributed by atoms with Crippen LogP contribution in [0.4, 0.5) is 5.69 Å². The summed E-state index contributed by atoms with van der Waals surface area (Å²) in [4.78, 5) is 30.4. The minimum absolute atomic E-state index is 0.0217. The van der Waals surface area contributed by atoms with Crippen LogP contribution in [-0.2, 0) is 0 Å². The van der Waals surface area contributed by atoms with E-state index in [9.17, 15) is 14.9 Å². The molecule has 1 aromatic heterocycles. The van der Waals surface area contributed by atoms with E-state index in [1.165, 1.54) is 6.07 Å². The number of nitro benzene ring substituents is 1. The summed E-state index contributed by atoms with van der Waals surface area (Å²) in [6.45, 7) is 2.27. The fourth-order valence-electron chi connectivity index (χ4n) is 3.51. The van der Waals surface area contributed by atoms with E-state index in [1.807, 2.05) is 29.2 Å². The van der Waals surface area contributed by atoms with Crippen molar-refractivity contribution in [3.05, 3.63) is 68.7 Å². The normalized spacial score (nSPS) is 17.0. The van der Waals surface area contributed by atoms with Gasteiger partial charge in [0.05, 0.1) is 21.2 Å². The van der Waals surface area contributed by atoms with Crippen molar-refractivity contribution in [2.24, 2.45) is 0 Å². The number of carbonyl (C=O) groups is 1. The fraction of sp³-hybridized carbons (Fsp3) is 0.263. The highest BCUT2D eigenvalue weighted by Gasteiger charge is 2.34. The van der Waals surface area contributed by atoms with Gasteiger partial charge in [0.15, 0.2) is 0 Å². The van der Waals surface area contributed by atoms with E-state index in [0.717, 1.165) is 28.1 Å². The summed E-state index contributed by atoms with van der Waals surface area (Å²) in [6, 6.07) is 12.5. The van der Waals surface area contributed by atoms with Crippen molar-refractivity contribution >= 4 is 33.1 Å². The third kappa shape index (κ3) is 2.74. The van der Waals surface area contributed by atoms with Crippen molar-refractivity contribution < 1.29 is 9.72 Å². The van der Waals surface area contributed by atoms with Crippen LogP contribution >= 0.6 is 11.3 Å². The molecule has 0 saturated carbocycles. The maximum atomic E-state index is 13.1. The zero-order chi connectivity index (χ0) is 18.3. The smallest absolute Gasteiger partial charge is 0.273 e. The average Bonchev–Trinajstić information content (AvgIpc) is 3.27. The molecule has 1 aliphatic heterocycles. The Kier molecular flexibility index (Phi) is 4.16. The number of benzene rings is 2. The molecule has 7 heteroatoms. The third-order valence-corrected chi connectivity index (χ3v) is 5.98. The van der Waals surface area contributed by atoms with Gasteiger partial charge in [0.1, 0.15) is 5.01 Å². The quantitative estimate of drug-likeness (QED) is 0.505. The van der Waals surface area contributed by atoms with Crippen LogP contribution in [0.25, 0.3) is 10.2 Å². The summed E-state index contributed by atoms with van der Waals surface area (Å²) >= 11 is 1.61. The van der Waals surface area contributed by atoms with Gasteiger partial charge in [-0.15, -0.1) is 11.3 Å². The Bertz CT molecular complexity index is 981. The summed E-state index contributed by atoms with van der Waals surface area (Å²) in [5, 5.41) is 12.1. The molecule has 0 radical (unpaired) electrons. The highest BCUT2D eigenvalue weighted by molar-refractivity contribution is 7.18. The number of thiazole rings is 1. The molecule has 0 N–H and O–H groups in total. The Morgan fingerprint density at radius 3 is 2.85 bits per heavy atom. The predicted molar refractivity (Wildman–Crippen MR) is 100 cm³/mol. The summed E-state index contributed by atoms with van der Waals surface area (Å²) in [7, 11) is 0. The second-order valence-corrected chi connectivity index (χ2v) is 7.45. The second kappa shape index (κ2) is 6.49. The summed E-state index contributed by atoms with van der Waals surface area (Å²) < 4.78 is 1.10. The van der Waals surface area contributed by atoms with Crippen LogP contribution in [0.2, 0.25) is 0 Å². The van der Waals surface area contributed by atoms with Gasteiger partial charge in [0.2, 0.25) is 0 Å². The summed E-state index contributed by atoms with van der Waals surface area (Å²) in [5.41, 5.74) is 1.73.